The summed E-state index contributed by atoms with van der Waals surface area (Å²) < 4.78 is 2.27. The second-order valence-electron chi connectivity index (χ2n) is 5.69. The molecule has 1 rings (SSSR count). The Morgan fingerprint density at radius 1 is 1.32 bits per heavy atom. The highest BCUT2D eigenvalue weighted by Gasteiger charge is 2.48. The molecule has 2 heteroatoms. The maximum atomic E-state index is 4.48. The van der Waals surface area contributed by atoms with E-state index in [0.717, 1.165) is 12.3 Å². The molecule has 3 atom stereocenters. The van der Waals surface area contributed by atoms with Crippen LogP contribution in [0.2, 0.25) is 0 Å². The minimum atomic E-state index is 0.620. The molecule has 108 valence electrons. The third-order valence-electron chi connectivity index (χ3n) is 4.30. The molecule has 1 aliphatic carbocycles. The predicted octanol–water partition coefficient (Wildman–Crippen LogP) is 4.64. The van der Waals surface area contributed by atoms with Crippen LogP contribution in [0, 0.1) is 11.8 Å². The van der Waals surface area contributed by atoms with Crippen LogP contribution in [-0.2, 0) is 0 Å². The first-order chi connectivity index (χ1) is 9.23. The van der Waals surface area contributed by atoms with Crippen LogP contribution in [0.3, 0.4) is 0 Å². The summed E-state index contributed by atoms with van der Waals surface area (Å²) in [6, 6.07) is 0.620. The maximum Gasteiger partial charge on any atom is 0.189 e. The van der Waals surface area contributed by atoms with Gasteiger partial charge in [-0.3, -0.25) is 0 Å². The minimum Gasteiger partial charge on any atom is -0.0809 e. The lowest BCUT2D eigenvalue weighted by Gasteiger charge is -2.13. The molecule has 1 aliphatic rings. The predicted molar refractivity (Wildman–Crippen MR) is 84.1 cm³/mol. The van der Waals surface area contributed by atoms with Gasteiger partial charge in [0.25, 0.3) is 0 Å². The van der Waals surface area contributed by atoms with Gasteiger partial charge in [0.2, 0.25) is 0 Å². The Hall–Kier alpha value is -0.880. The van der Waals surface area contributed by atoms with Crippen molar-refractivity contribution < 1.29 is 4.68 Å². The molecule has 0 bridgehead atoms. The Balaban J connectivity index is 2.96. The van der Waals surface area contributed by atoms with Gasteiger partial charge in [-0.1, -0.05) is 45.2 Å². The Kier molecular flexibility index (Phi) is 7.09. The van der Waals surface area contributed by atoms with Crippen molar-refractivity contribution in [3.8, 4) is 0 Å². The van der Waals surface area contributed by atoms with Gasteiger partial charge in [-0.25, -0.2) is 0 Å². The summed E-state index contributed by atoms with van der Waals surface area (Å²) >= 11 is 0. The van der Waals surface area contributed by atoms with Crippen molar-refractivity contribution in [1.29, 1.82) is 0 Å². The molecule has 0 heterocycles. The molecule has 0 radical (unpaired) electrons. The van der Waals surface area contributed by atoms with E-state index in [9.17, 15) is 0 Å². The van der Waals surface area contributed by atoms with Crippen LogP contribution in [0.1, 0.15) is 72.6 Å². The van der Waals surface area contributed by atoms with E-state index in [4.69, 9.17) is 0 Å². The molecule has 0 aromatic rings. The monoisotopic (exact) mass is 263 g/mol. The highest BCUT2D eigenvalue weighted by Crippen LogP contribution is 2.38. The van der Waals surface area contributed by atoms with Gasteiger partial charge in [-0.05, 0) is 25.8 Å². The fourth-order valence-electron chi connectivity index (χ4n) is 3.23. The molecule has 0 aromatic carbocycles. The van der Waals surface area contributed by atoms with Crippen LogP contribution >= 0.6 is 0 Å². The summed E-state index contributed by atoms with van der Waals surface area (Å²) in [5.41, 5.74) is 1.50. The van der Waals surface area contributed by atoms with Gasteiger partial charge in [0.1, 0.15) is 0 Å². The minimum absolute atomic E-state index is 0.620. The van der Waals surface area contributed by atoms with E-state index in [1.165, 1.54) is 44.2 Å². The van der Waals surface area contributed by atoms with Crippen molar-refractivity contribution in [3.63, 3.8) is 0 Å². The van der Waals surface area contributed by atoms with E-state index in [1.807, 2.05) is 0 Å². The van der Waals surface area contributed by atoms with E-state index in [2.05, 4.69) is 49.9 Å². The quantitative estimate of drug-likeness (QED) is 0.327. The SMILES string of the molecule is C=C=N[N+](=C(CC)C(CC)CCC)C1CC1CCC. The van der Waals surface area contributed by atoms with Gasteiger partial charge < -0.3 is 0 Å². The van der Waals surface area contributed by atoms with E-state index >= 15 is 0 Å². The van der Waals surface area contributed by atoms with E-state index in [1.54, 1.807) is 0 Å². The van der Waals surface area contributed by atoms with Crippen LogP contribution in [0.5, 0.6) is 0 Å². The van der Waals surface area contributed by atoms with E-state index in [0.29, 0.717) is 12.0 Å². The number of hydrogen-bond donors (Lipinski definition) is 0. The van der Waals surface area contributed by atoms with E-state index in [-0.39, 0.29) is 0 Å². The van der Waals surface area contributed by atoms with Crippen LogP contribution in [0.15, 0.2) is 11.7 Å². The average molecular weight is 263 g/mol. The van der Waals surface area contributed by atoms with Gasteiger partial charge in [-0.15, -0.1) is 0 Å². The topological polar surface area (TPSA) is 15.4 Å². The molecule has 0 saturated heterocycles. The van der Waals surface area contributed by atoms with E-state index < -0.39 is 0 Å². The fraction of sp³-hybridized carbons (Fsp3) is 0.824. The molecule has 19 heavy (non-hydrogen) atoms. The molecule has 1 fully saturated rings. The Bertz CT molecular complexity index is 350. The average Bonchev–Trinajstić information content (AvgIpc) is 3.16. The molecule has 1 saturated carbocycles. The molecule has 0 N–H and O–H groups in total. The molecule has 0 aromatic heterocycles. The van der Waals surface area contributed by atoms with Gasteiger partial charge >= 0.3 is 0 Å². The summed E-state index contributed by atoms with van der Waals surface area (Å²) in [4.78, 5) is 0. The van der Waals surface area contributed by atoms with Gasteiger partial charge in [-0.2, -0.15) is 0 Å². The second kappa shape index (κ2) is 8.32. The van der Waals surface area contributed by atoms with Gasteiger partial charge in [0, 0.05) is 29.8 Å². The van der Waals surface area contributed by atoms with Crippen molar-refractivity contribution >= 4 is 11.6 Å². The Morgan fingerprint density at radius 2 is 2.05 bits per heavy atom. The third kappa shape index (κ3) is 4.31. The summed E-state index contributed by atoms with van der Waals surface area (Å²) in [6.45, 7) is 12.8. The molecule has 0 amide bonds. The molecule has 3 unspecified atom stereocenters. The Morgan fingerprint density at radius 3 is 2.53 bits per heavy atom. The zero-order valence-corrected chi connectivity index (χ0v) is 13.3. The normalized spacial score (nSPS) is 24.4. The first kappa shape index (κ1) is 16.2. The second-order valence-corrected chi connectivity index (χ2v) is 5.69. The highest BCUT2D eigenvalue weighted by molar-refractivity contribution is 5.82. The lowest BCUT2D eigenvalue weighted by molar-refractivity contribution is -0.553. The number of hydrogen-bond acceptors (Lipinski definition) is 1. The van der Waals surface area contributed by atoms with Crippen molar-refractivity contribution in [2.45, 2.75) is 78.7 Å². The van der Waals surface area contributed by atoms with Crippen LogP contribution < -0.4 is 0 Å². The number of rotatable bonds is 9. The number of hydrazone groups is 1. The number of nitrogens with zero attached hydrogens (tertiary/aromatic N) is 2. The van der Waals surface area contributed by atoms with Crippen molar-refractivity contribution in [3.05, 3.63) is 6.58 Å². The lowest BCUT2D eigenvalue weighted by atomic mass is 9.93. The molecule has 0 spiro atoms. The summed E-state index contributed by atoms with van der Waals surface area (Å²) in [5, 5.41) is 4.48. The van der Waals surface area contributed by atoms with Gasteiger partial charge in [0.15, 0.2) is 11.8 Å². The van der Waals surface area contributed by atoms with Crippen molar-refractivity contribution in [1.82, 2.24) is 0 Å². The smallest absolute Gasteiger partial charge is 0.0809 e. The fourth-order valence-corrected chi connectivity index (χ4v) is 3.23. The molecule has 2 nitrogen and oxygen atoms in total. The zero-order chi connectivity index (χ0) is 14.3. The van der Waals surface area contributed by atoms with Crippen molar-refractivity contribution in [2.24, 2.45) is 16.9 Å². The third-order valence-corrected chi connectivity index (χ3v) is 4.30. The van der Waals surface area contributed by atoms with Crippen LogP contribution in [0.25, 0.3) is 0 Å². The van der Waals surface area contributed by atoms with Crippen molar-refractivity contribution in [2.75, 3.05) is 0 Å². The van der Waals surface area contributed by atoms with Crippen LogP contribution in [0.4, 0.5) is 0 Å². The standard InChI is InChI=1S/C17H31N2/c1-6-11-14(8-3)16(9-4)19(18-10-5)17-13-15(17)12-7-2/h14-15,17H,5-9,11-13H2,1-4H3/q+1. The summed E-state index contributed by atoms with van der Waals surface area (Å²) in [5.74, 6) is 4.28. The lowest BCUT2D eigenvalue weighted by Crippen LogP contribution is -2.26. The van der Waals surface area contributed by atoms with Gasteiger partial charge in [0.05, 0.1) is 5.87 Å². The molecule has 0 aliphatic heterocycles. The first-order valence-corrected chi connectivity index (χ1v) is 8.10. The Labute approximate surface area is 119 Å². The summed E-state index contributed by atoms with van der Waals surface area (Å²) in [7, 11) is 0. The molecular formula is C17H31N2+. The largest absolute Gasteiger partial charge is 0.189 e. The molecular weight excluding hydrogens is 232 g/mol. The van der Waals surface area contributed by atoms with Crippen LogP contribution in [-0.4, -0.2) is 22.3 Å². The first-order valence-electron chi connectivity index (χ1n) is 8.10. The maximum absolute atomic E-state index is 4.48. The highest BCUT2D eigenvalue weighted by atomic mass is 15.4. The zero-order valence-electron chi connectivity index (χ0n) is 13.3. The summed E-state index contributed by atoms with van der Waals surface area (Å²) in [6.07, 6.45) is 8.73.